The monoisotopic (exact) mass is 415 g/mol. The van der Waals surface area contributed by atoms with Gasteiger partial charge in [0.15, 0.2) is 0 Å². The summed E-state index contributed by atoms with van der Waals surface area (Å²) in [4.78, 5) is 14.8. The van der Waals surface area contributed by atoms with Gasteiger partial charge in [-0.2, -0.15) is 4.31 Å². The van der Waals surface area contributed by atoms with Crippen molar-refractivity contribution in [3.05, 3.63) is 29.8 Å². The van der Waals surface area contributed by atoms with Gasteiger partial charge < -0.3 is 10.6 Å². The molecule has 2 fully saturated rings. The number of rotatable bonds is 5. The lowest BCUT2D eigenvalue weighted by atomic mass is 10.0. The number of likely N-dealkylation sites (tertiary alicyclic amines) is 1. The van der Waals surface area contributed by atoms with Crippen LogP contribution >= 0.6 is 12.4 Å². The molecule has 3 rings (SSSR count). The molecular formula is C19H30ClN3O3S. The van der Waals surface area contributed by atoms with Crippen molar-refractivity contribution in [3.8, 4) is 0 Å². The molecule has 1 unspecified atom stereocenters. The Bertz CT molecular complexity index is 718. The molecule has 0 bridgehead atoms. The van der Waals surface area contributed by atoms with Crippen molar-refractivity contribution < 1.29 is 13.2 Å². The Labute approximate surface area is 168 Å². The van der Waals surface area contributed by atoms with E-state index in [0.29, 0.717) is 31.0 Å². The number of piperidine rings is 2. The lowest BCUT2D eigenvalue weighted by Crippen LogP contribution is -2.48. The molecule has 27 heavy (non-hydrogen) atoms. The van der Waals surface area contributed by atoms with Gasteiger partial charge in [-0.25, -0.2) is 8.42 Å². The molecule has 0 aliphatic carbocycles. The number of benzene rings is 1. The maximum Gasteiger partial charge on any atom is 0.243 e. The Morgan fingerprint density at radius 2 is 1.63 bits per heavy atom. The van der Waals surface area contributed by atoms with Crippen LogP contribution < -0.4 is 5.73 Å². The summed E-state index contributed by atoms with van der Waals surface area (Å²) in [5, 5.41) is 0. The van der Waals surface area contributed by atoms with Gasteiger partial charge in [0.25, 0.3) is 0 Å². The summed E-state index contributed by atoms with van der Waals surface area (Å²) in [6.45, 7) is 2.46. The van der Waals surface area contributed by atoms with Gasteiger partial charge in [-0.3, -0.25) is 4.79 Å². The second kappa shape index (κ2) is 9.87. The Hall–Kier alpha value is -1.15. The van der Waals surface area contributed by atoms with Crippen molar-refractivity contribution in [1.82, 2.24) is 9.21 Å². The summed E-state index contributed by atoms with van der Waals surface area (Å²) in [7, 11) is -3.42. The highest BCUT2D eigenvalue weighted by Gasteiger charge is 2.27. The van der Waals surface area contributed by atoms with Gasteiger partial charge in [-0.1, -0.05) is 18.6 Å². The molecule has 1 aromatic rings. The highest BCUT2D eigenvalue weighted by atomic mass is 35.5. The lowest BCUT2D eigenvalue weighted by molar-refractivity contribution is -0.133. The number of nitrogens with zero attached hydrogens (tertiary/aromatic N) is 2. The maximum absolute atomic E-state index is 12.7. The third-order valence-corrected chi connectivity index (χ3v) is 7.36. The molecule has 1 amide bonds. The van der Waals surface area contributed by atoms with Crippen LogP contribution in [0.4, 0.5) is 0 Å². The molecule has 0 spiro atoms. The maximum atomic E-state index is 12.7. The van der Waals surface area contributed by atoms with Crippen LogP contribution in [0.3, 0.4) is 0 Å². The Morgan fingerprint density at radius 3 is 2.26 bits per heavy atom. The minimum atomic E-state index is -3.42. The smallest absolute Gasteiger partial charge is 0.243 e. The minimum Gasteiger partial charge on any atom is -0.338 e. The highest BCUT2D eigenvalue weighted by molar-refractivity contribution is 7.89. The Balaban J connectivity index is 0.00000261. The molecule has 2 saturated heterocycles. The van der Waals surface area contributed by atoms with Gasteiger partial charge in [0.1, 0.15) is 0 Å². The number of carbonyl (C=O) groups is 1. The number of halogens is 1. The van der Waals surface area contributed by atoms with E-state index in [9.17, 15) is 13.2 Å². The fourth-order valence-electron chi connectivity index (χ4n) is 3.88. The van der Waals surface area contributed by atoms with E-state index >= 15 is 0 Å². The van der Waals surface area contributed by atoms with E-state index in [4.69, 9.17) is 5.73 Å². The number of amides is 1. The van der Waals surface area contributed by atoms with Crippen molar-refractivity contribution in [1.29, 1.82) is 0 Å². The van der Waals surface area contributed by atoms with E-state index in [0.717, 1.165) is 50.6 Å². The van der Waals surface area contributed by atoms with Crippen molar-refractivity contribution in [2.75, 3.05) is 26.2 Å². The van der Waals surface area contributed by atoms with Crippen molar-refractivity contribution >= 4 is 28.3 Å². The molecule has 0 saturated carbocycles. The molecule has 1 aromatic carbocycles. The average molecular weight is 416 g/mol. The van der Waals surface area contributed by atoms with Crippen LogP contribution in [-0.2, 0) is 21.2 Å². The summed E-state index contributed by atoms with van der Waals surface area (Å²) in [6, 6.07) is 6.91. The topological polar surface area (TPSA) is 83.7 Å². The van der Waals surface area contributed by atoms with E-state index < -0.39 is 10.0 Å². The van der Waals surface area contributed by atoms with Crippen LogP contribution in [-0.4, -0.2) is 55.8 Å². The van der Waals surface area contributed by atoms with Crippen LogP contribution in [0.25, 0.3) is 0 Å². The van der Waals surface area contributed by atoms with Gasteiger partial charge in [-0.05, 0) is 49.8 Å². The predicted octanol–water partition coefficient (Wildman–Crippen LogP) is 2.17. The molecule has 2 aliphatic rings. The zero-order valence-electron chi connectivity index (χ0n) is 15.7. The average Bonchev–Trinajstić information content (AvgIpc) is 2.69. The van der Waals surface area contributed by atoms with Crippen molar-refractivity contribution in [3.63, 3.8) is 0 Å². The van der Waals surface area contributed by atoms with Crippen LogP contribution in [0.2, 0.25) is 0 Å². The summed E-state index contributed by atoms with van der Waals surface area (Å²) in [5.74, 6) is 0.0757. The standard InChI is InChI=1S/C19H29N3O3S.ClH/c20-15-17-6-2-5-13-22(17)19(23)14-16-7-9-18(10-8-16)26(24,25)21-11-3-1-4-12-21;/h7-10,17H,1-6,11-15,20H2;1H. The van der Waals surface area contributed by atoms with Crippen molar-refractivity contribution in [2.24, 2.45) is 5.73 Å². The van der Waals surface area contributed by atoms with Gasteiger partial charge >= 0.3 is 0 Å². The van der Waals surface area contributed by atoms with E-state index in [-0.39, 0.29) is 24.4 Å². The predicted molar refractivity (Wildman–Crippen MR) is 108 cm³/mol. The molecule has 2 heterocycles. The molecule has 2 N–H and O–H groups in total. The van der Waals surface area contributed by atoms with Crippen LogP contribution in [0.1, 0.15) is 44.1 Å². The molecule has 0 radical (unpaired) electrons. The summed E-state index contributed by atoms with van der Waals surface area (Å²) in [5.41, 5.74) is 6.64. The van der Waals surface area contributed by atoms with Gasteiger partial charge in [-0.15, -0.1) is 12.4 Å². The molecule has 8 heteroatoms. The van der Waals surface area contributed by atoms with E-state index in [2.05, 4.69) is 0 Å². The SMILES string of the molecule is Cl.NCC1CCCCN1C(=O)Cc1ccc(S(=O)(=O)N2CCCCC2)cc1. The quantitative estimate of drug-likeness (QED) is 0.798. The number of sulfonamides is 1. The fraction of sp³-hybridized carbons (Fsp3) is 0.632. The Morgan fingerprint density at radius 1 is 1.00 bits per heavy atom. The summed E-state index contributed by atoms with van der Waals surface area (Å²) >= 11 is 0. The van der Waals surface area contributed by atoms with Crippen LogP contribution in [0.15, 0.2) is 29.2 Å². The van der Waals surface area contributed by atoms with Crippen molar-refractivity contribution in [2.45, 2.75) is 55.9 Å². The second-order valence-electron chi connectivity index (χ2n) is 7.26. The van der Waals surface area contributed by atoms with E-state index in [1.807, 2.05) is 4.90 Å². The number of hydrogen-bond acceptors (Lipinski definition) is 4. The first-order chi connectivity index (χ1) is 12.5. The second-order valence-corrected chi connectivity index (χ2v) is 9.20. The third-order valence-electron chi connectivity index (χ3n) is 5.45. The lowest BCUT2D eigenvalue weighted by Gasteiger charge is -2.35. The first-order valence-electron chi connectivity index (χ1n) is 9.61. The van der Waals surface area contributed by atoms with Gasteiger partial charge in [0.2, 0.25) is 15.9 Å². The van der Waals surface area contributed by atoms with E-state index in [1.54, 1.807) is 28.6 Å². The normalized spacial score (nSPS) is 21.5. The zero-order valence-corrected chi connectivity index (χ0v) is 17.3. The molecule has 6 nitrogen and oxygen atoms in total. The highest BCUT2D eigenvalue weighted by Crippen LogP contribution is 2.22. The number of hydrogen-bond donors (Lipinski definition) is 1. The zero-order chi connectivity index (χ0) is 18.6. The minimum absolute atomic E-state index is 0. The third kappa shape index (κ3) is 5.22. The fourth-order valence-corrected chi connectivity index (χ4v) is 5.40. The first-order valence-corrected chi connectivity index (χ1v) is 11.0. The number of carbonyl (C=O) groups excluding carboxylic acids is 1. The summed E-state index contributed by atoms with van der Waals surface area (Å²) in [6.07, 6.45) is 6.33. The molecule has 152 valence electrons. The van der Waals surface area contributed by atoms with Gasteiger partial charge in [0, 0.05) is 32.2 Å². The molecule has 2 aliphatic heterocycles. The molecular weight excluding hydrogens is 386 g/mol. The largest absolute Gasteiger partial charge is 0.338 e. The molecule has 0 aromatic heterocycles. The molecule has 1 atom stereocenters. The van der Waals surface area contributed by atoms with E-state index in [1.165, 1.54) is 0 Å². The first kappa shape index (κ1) is 22.1. The van der Waals surface area contributed by atoms with Crippen LogP contribution in [0.5, 0.6) is 0 Å². The van der Waals surface area contributed by atoms with Gasteiger partial charge in [0.05, 0.1) is 11.3 Å². The number of nitrogens with two attached hydrogens (primary N) is 1. The van der Waals surface area contributed by atoms with Crippen LogP contribution in [0, 0.1) is 0 Å². The summed E-state index contributed by atoms with van der Waals surface area (Å²) < 4.78 is 26.9. The Kier molecular flexibility index (Phi) is 8.09.